The highest BCUT2D eigenvalue weighted by Gasteiger charge is 2.15. The van der Waals surface area contributed by atoms with Crippen molar-refractivity contribution in [2.24, 2.45) is 0 Å². The Kier molecular flexibility index (Phi) is 5.45. The summed E-state index contributed by atoms with van der Waals surface area (Å²) in [5.41, 5.74) is 1.03. The quantitative estimate of drug-likeness (QED) is 0.828. The zero-order chi connectivity index (χ0) is 12.8. The van der Waals surface area contributed by atoms with E-state index in [2.05, 4.69) is 0 Å². The van der Waals surface area contributed by atoms with Crippen LogP contribution in [0.3, 0.4) is 0 Å². The van der Waals surface area contributed by atoms with Crippen molar-refractivity contribution in [3.8, 4) is 5.75 Å². The number of ether oxygens (including phenoxy) is 2. The van der Waals surface area contributed by atoms with E-state index >= 15 is 0 Å². The van der Waals surface area contributed by atoms with E-state index in [1.807, 2.05) is 38.1 Å². The maximum Gasteiger partial charge on any atom is 0.124 e. The highest BCUT2D eigenvalue weighted by Crippen LogP contribution is 2.28. The lowest BCUT2D eigenvalue weighted by Gasteiger charge is -2.22. The molecule has 1 rings (SSSR count). The van der Waals surface area contributed by atoms with Crippen molar-refractivity contribution in [2.75, 3.05) is 7.11 Å². The van der Waals surface area contributed by atoms with E-state index in [4.69, 9.17) is 9.47 Å². The summed E-state index contributed by atoms with van der Waals surface area (Å²) in [5.74, 6) is 0.837. The molecule has 0 aliphatic heterocycles. The van der Waals surface area contributed by atoms with Crippen LogP contribution in [0.25, 0.3) is 0 Å². The van der Waals surface area contributed by atoms with Crippen LogP contribution in [-0.4, -0.2) is 24.4 Å². The van der Waals surface area contributed by atoms with E-state index in [9.17, 15) is 5.11 Å². The molecule has 0 aromatic heterocycles. The second-order valence-electron chi connectivity index (χ2n) is 4.42. The van der Waals surface area contributed by atoms with Crippen molar-refractivity contribution in [1.82, 2.24) is 0 Å². The molecule has 17 heavy (non-hydrogen) atoms. The molecule has 0 bridgehead atoms. The molecule has 3 atom stereocenters. The smallest absolute Gasteiger partial charge is 0.124 e. The summed E-state index contributed by atoms with van der Waals surface area (Å²) < 4.78 is 11.1. The van der Waals surface area contributed by atoms with E-state index in [0.29, 0.717) is 6.42 Å². The Bertz CT molecular complexity index is 336. The average Bonchev–Trinajstić information content (AvgIpc) is 2.27. The summed E-state index contributed by atoms with van der Waals surface area (Å²) in [6, 6.07) is 7.83. The molecule has 0 heterocycles. The van der Waals surface area contributed by atoms with Gasteiger partial charge in [0.05, 0.1) is 25.4 Å². The molecule has 0 saturated heterocycles. The predicted molar refractivity (Wildman–Crippen MR) is 68.3 cm³/mol. The fourth-order valence-corrected chi connectivity index (χ4v) is 1.96. The van der Waals surface area contributed by atoms with E-state index in [1.165, 1.54) is 0 Å². The summed E-state index contributed by atoms with van der Waals surface area (Å²) in [6.45, 7) is 5.74. The second-order valence-corrected chi connectivity index (χ2v) is 4.42. The van der Waals surface area contributed by atoms with Gasteiger partial charge in [0.2, 0.25) is 0 Å². The minimum absolute atomic E-state index is 0.0231. The molecule has 3 nitrogen and oxygen atoms in total. The van der Waals surface area contributed by atoms with Crippen LogP contribution in [-0.2, 0) is 4.74 Å². The zero-order valence-corrected chi connectivity index (χ0v) is 11.0. The van der Waals surface area contributed by atoms with Gasteiger partial charge in [-0.05, 0) is 33.3 Å². The first kappa shape index (κ1) is 14.0. The fourth-order valence-electron chi connectivity index (χ4n) is 1.96. The first-order valence-corrected chi connectivity index (χ1v) is 6.01. The number of hydrogen-bond donors (Lipinski definition) is 1. The molecule has 0 amide bonds. The molecule has 0 aliphatic carbocycles. The molecule has 0 fully saturated rings. The molecule has 0 unspecified atom stereocenters. The van der Waals surface area contributed by atoms with Crippen LogP contribution in [0, 0.1) is 0 Å². The van der Waals surface area contributed by atoms with Gasteiger partial charge in [0.1, 0.15) is 5.75 Å². The SMILES string of the molecule is COc1ccccc1[C@H](C)O[C@H](C)C[C@@H](C)O. The third-order valence-electron chi connectivity index (χ3n) is 2.69. The van der Waals surface area contributed by atoms with Crippen molar-refractivity contribution in [2.45, 2.75) is 45.5 Å². The van der Waals surface area contributed by atoms with E-state index in [1.54, 1.807) is 14.0 Å². The molecule has 1 N–H and O–H groups in total. The second kappa shape index (κ2) is 6.62. The fraction of sp³-hybridized carbons (Fsp3) is 0.571. The maximum atomic E-state index is 9.30. The normalized spacial score (nSPS) is 16.3. The molecule has 96 valence electrons. The van der Waals surface area contributed by atoms with Crippen LogP contribution < -0.4 is 4.74 Å². The Hall–Kier alpha value is -1.06. The van der Waals surface area contributed by atoms with Gasteiger partial charge in [0, 0.05) is 5.56 Å². The minimum atomic E-state index is -0.338. The van der Waals surface area contributed by atoms with Gasteiger partial charge < -0.3 is 14.6 Å². The summed E-state index contributed by atoms with van der Waals surface area (Å²) in [6.07, 6.45) is 0.282. The number of aliphatic hydroxyl groups excluding tert-OH is 1. The molecule has 3 heteroatoms. The molecular weight excluding hydrogens is 216 g/mol. The molecular formula is C14H22O3. The number of hydrogen-bond acceptors (Lipinski definition) is 3. The van der Waals surface area contributed by atoms with Crippen molar-refractivity contribution in [3.05, 3.63) is 29.8 Å². The number of rotatable bonds is 6. The maximum absolute atomic E-state index is 9.30. The van der Waals surface area contributed by atoms with Crippen LogP contribution >= 0.6 is 0 Å². The summed E-state index contributed by atoms with van der Waals surface area (Å²) in [7, 11) is 1.66. The molecule has 0 saturated carbocycles. The minimum Gasteiger partial charge on any atom is -0.496 e. The van der Waals surface area contributed by atoms with Gasteiger partial charge in [0.25, 0.3) is 0 Å². The van der Waals surface area contributed by atoms with Crippen molar-refractivity contribution >= 4 is 0 Å². The van der Waals surface area contributed by atoms with Gasteiger partial charge in [-0.15, -0.1) is 0 Å². The largest absolute Gasteiger partial charge is 0.496 e. The van der Waals surface area contributed by atoms with Crippen LogP contribution in [0.4, 0.5) is 0 Å². The Morgan fingerprint density at radius 3 is 2.41 bits per heavy atom. The third-order valence-corrected chi connectivity index (χ3v) is 2.69. The lowest BCUT2D eigenvalue weighted by Crippen LogP contribution is -2.17. The monoisotopic (exact) mass is 238 g/mol. The molecule has 0 aliphatic rings. The van der Waals surface area contributed by atoms with Gasteiger partial charge >= 0.3 is 0 Å². The van der Waals surface area contributed by atoms with Crippen molar-refractivity contribution in [3.63, 3.8) is 0 Å². The topological polar surface area (TPSA) is 38.7 Å². The lowest BCUT2D eigenvalue weighted by molar-refractivity contribution is -0.0175. The Morgan fingerprint density at radius 2 is 1.82 bits per heavy atom. The average molecular weight is 238 g/mol. The Balaban J connectivity index is 2.65. The molecule has 1 aromatic rings. The van der Waals surface area contributed by atoms with Crippen LogP contribution in [0.5, 0.6) is 5.75 Å². The van der Waals surface area contributed by atoms with Crippen LogP contribution in [0.2, 0.25) is 0 Å². The molecule has 0 radical (unpaired) electrons. The van der Waals surface area contributed by atoms with Crippen LogP contribution in [0.1, 0.15) is 38.9 Å². The van der Waals surface area contributed by atoms with Gasteiger partial charge in [0.15, 0.2) is 0 Å². The molecule has 0 spiro atoms. The zero-order valence-electron chi connectivity index (χ0n) is 11.0. The first-order chi connectivity index (χ1) is 8.04. The summed E-state index contributed by atoms with van der Waals surface area (Å²) >= 11 is 0. The van der Waals surface area contributed by atoms with Gasteiger partial charge in [-0.1, -0.05) is 18.2 Å². The number of aliphatic hydroxyl groups is 1. The summed E-state index contributed by atoms with van der Waals surface area (Å²) in [4.78, 5) is 0. The van der Waals surface area contributed by atoms with Crippen molar-refractivity contribution in [1.29, 1.82) is 0 Å². The lowest BCUT2D eigenvalue weighted by atomic mass is 10.1. The van der Waals surface area contributed by atoms with Gasteiger partial charge in [-0.2, -0.15) is 0 Å². The van der Waals surface area contributed by atoms with Crippen LogP contribution in [0.15, 0.2) is 24.3 Å². The highest BCUT2D eigenvalue weighted by atomic mass is 16.5. The van der Waals surface area contributed by atoms with Gasteiger partial charge in [-0.25, -0.2) is 0 Å². The standard InChI is InChI=1S/C14H22O3/c1-10(15)9-11(2)17-12(3)13-7-5-6-8-14(13)16-4/h5-8,10-12,15H,9H2,1-4H3/t10-,11-,12+/m1/s1. The third kappa shape index (κ3) is 4.36. The van der Waals surface area contributed by atoms with E-state index in [-0.39, 0.29) is 18.3 Å². The summed E-state index contributed by atoms with van der Waals surface area (Å²) in [5, 5.41) is 9.30. The number of para-hydroxylation sites is 1. The van der Waals surface area contributed by atoms with Gasteiger partial charge in [-0.3, -0.25) is 0 Å². The number of methoxy groups -OCH3 is 1. The Labute approximate surface area is 103 Å². The van der Waals surface area contributed by atoms with E-state index in [0.717, 1.165) is 11.3 Å². The Morgan fingerprint density at radius 1 is 1.18 bits per heavy atom. The molecule has 1 aromatic carbocycles. The van der Waals surface area contributed by atoms with Crippen molar-refractivity contribution < 1.29 is 14.6 Å². The number of benzene rings is 1. The highest BCUT2D eigenvalue weighted by molar-refractivity contribution is 5.34. The van der Waals surface area contributed by atoms with E-state index < -0.39 is 0 Å². The predicted octanol–water partition coefficient (Wildman–Crippen LogP) is 2.93. The first-order valence-electron chi connectivity index (χ1n) is 6.01.